The Kier molecular flexibility index (Phi) is 3.59. The number of aryl methyl sites for hydroxylation is 1. The van der Waals surface area contributed by atoms with Gasteiger partial charge >= 0.3 is 0 Å². The van der Waals surface area contributed by atoms with Crippen LogP contribution in [0.25, 0.3) is 0 Å². The summed E-state index contributed by atoms with van der Waals surface area (Å²) in [5.41, 5.74) is 1.92. The Balaban J connectivity index is 2.29. The summed E-state index contributed by atoms with van der Waals surface area (Å²) in [5, 5.41) is 1.84. The number of hydrogen-bond acceptors (Lipinski definition) is 3. The summed E-state index contributed by atoms with van der Waals surface area (Å²) < 4.78 is 5.08. The van der Waals surface area contributed by atoms with E-state index in [2.05, 4.69) is 6.92 Å². The van der Waals surface area contributed by atoms with Gasteiger partial charge in [0, 0.05) is 17.0 Å². The van der Waals surface area contributed by atoms with Crippen LogP contribution in [0.1, 0.15) is 27.7 Å². The van der Waals surface area contributed by atoms with Crippen LogP contribution in [-0.2, 0) is 6.42 Å². The fourth-order valence-electron chi connectivity index (χ4n) is 1.62. The first kappa shape index (κ1) is 11.9. The number of benzene rings is 1. The molecule has 1 aromatic carbocycles. The van der Waals surface area contributed by atoms with E-state index in [1.165, 1.54) is 16.9 Å². The van der Waals surface area contributed by atoms with Crippen LogP contribution in [0.3, 0.4) is 0 Å². The molecular weight excluding hydrogens is 232 g/mol. The summed E-state index contributed by atoms with van der Waals surface area (Å²) in [4.78, 5) is 12.9. The molecule has 3 heteroatoms. The maximum atomic E-state index is 12.2. The van der Waals surface area contributed by atoms with Crippen molar-refractivity contribution in [3.8, 4) is 5.75 Å². The van der Waals surface area contributed by atoms with Crippen LogP contribution in [0.4, 0.5) is 0 Å². The number of hydrogen-bond donors (Lipinski definition) is 0. The van der Waals surface area contributed by atoms with Gasteiger partial charge in [-0.3, -0.25) is 4.79 Å². The fourth-order valence-corrected chi connectivity index (χ4v) is 2.44. The Morgan fingerprint density at radius 3 is 2.82 bits per heavy atom. The van der Waals surface area contributed by atoms with Crippen molar-refractivity contribution < 1.29 is 9.53 Å². The maximum Gasteiger partial charge on any atom is 0.203 e. The Hall–Kier alpha value is -1.61. The number of carbonyl (C=O) groups excluding carboxylic acids is 1. The molecule has 88 valence electrons. The van der Waals surface area contributed by atoms with E-state index in [0.29, 0.717) is 0 Å². The van der Waals surface area contributed by atoms with Gasteiger partial charge in [-0.15, -0.1) is 11.3 Å². The van der Waals surface area contributed by atoms with Crippen molar-refractivity contribution in [2.75, 3.05) is 7.11 Å². The molecule has 0 fully saturated rings. The Labute approximate surface area is 105 Å². The highest BCUT2D eigenvalue weighted by Gasteiger charge is 2.12. The maximum absolute atomic E-state index is 12.2. The highest BCUT2D eigenvalue weighted by atomic mass is 32.1. The third-order valence-corrected chi connectivity index (χ3v) is 3.54. The van der Waals surface area contributed by atoms with Gasteiger partial charge in [-0.05, 0) is 18.1 Å². The normalized spacial score (nSPS) is 10.2. The summed E-state index contributed by atoms with van der Waals surface area (Å²) >= 11 is 1.42. The van der Waals surface area contributed by atoms with Crippen LogP contribution in [0.15, 0.2) is 35.7 Å². The summed E-state index contributed by atoms with van der Waals surface area (Å²) in [6.45, 7) is 2.08. The molecule has 0 spiro atoms. The van der Waals surface area contributed by atoms with Gasteiger partial charge in [0.1, 0.15) is 5.75 Å². The van der Waals surface area contributed by atoms with Crippen molar-refractivity contribution in [1.82, 2.24) is 0 Å². The molecule has 0 radical (unpaired) electrons. The zero-order valence-electron chi connectivity index (χ0n) is 9.90. The van der Waals surface area contributed by atoms with E-state index in [9.17, 15) is 4.79 Å². The number of thiophene rings is 1. The lowest BCUT2D eigenvalue weighted by Gasteiger charge is -2.01. The zero-order chi connectivity index (χ0) is 12.3. The minimum atomic E-state index is 0.0635. The molecule has 0 saturated heterocycles. The van der Waals surface area contributed by atoms with Gasteiger partial charge in [-0.2, -0.15) is 0 Å². The fraction of sp³-hybridized carbons (Fsp3) is 0.214. The van der Waals surface area contributed by atoms with E-state index >= 15 is 0 Å². The number of ether oxygens (including phenoxy) is 1. The third kappa shape index (κ3) is 2.56. The SMILES string of the molecule is CCc1cccc(C(=O)c2cc(OC)cs2)c1. The van der Waals surface area contributed by atoms with Crippen LogP contribution in [0.2, 0.25) is 0 Å². The summed E-state index contributed by atoms with van der Waals surface area (Å²) in [7, 11) is 1.61. The third-order valence-electron chi connectivity index (χ3n) is 2.63. The lowest BCUT2D eigenvalue weighted by Crippen LogP contribution is -1.99. The summed E-state index contributed by atoms with van der Waals surface area (Å²) in [6.07, 6.45) is 0.939. The molecular formula is C14H14O2S. The summed E-state index contributed by atoms with van der Waals surface area (Å²) in [5.74, 6) is 0.804. The molecule has 2 aromatic rings. The van der Waals surface area contributed by atoms with Crippen LogP contribution < -0.4 is 4.74 Å². The van der Waals surface area contributed by atoms with Crippen LogP contribution in [0.5, 0.6) is 5.75 Å². The second kappa shape index (κ2) is 5.15. The highest BCUT2D eigenvalue weighted by molar-refractivity contribution is 7.12. The molecule has 17 heavy (non-hydrogen) atoms. The molecule has 1 heterocycles. The monoisotopic (exact) mass is 246 g/mol. The number of ketones is 1. The second-order valence-electron chi connectivity index (χ2n) is 3.73. The van der Waals surface area contributed by atoms with Gasteiger partial charge in [0.2, 0.25) is 5.78 Å². The van der Waals surface area contributed by atoms with Gasteiger partial charge in [0.05, 0.1) is 12.0 Å². The van der Waals surface area contributed by atoms with Gasteiger partial charge in [0.25, 0.3) is 0 Å². The van der Waals surface area contributed by atoms with Gasteiger partial charge in [-0.1, -0.05) is 25.1 Å². The molecule has 0 aliphatic heterocycles. The van der Waals surface area contributed by atoms with Crippen molar-refractivity contribution in [3.05, 3.63) is 51.7 Å². The highest BCUT2D eigenvalue weighted by Crippen LogP contribution is 2.24. The van der Waals surface area contributed by atoms with E-state index in [4.69, 9.17) is 4.74 Å². The molecule has 2 nitrogen and oxygen atoms in total. The largest absolute Gasteiger partial charge is 0.496 e. The van der Waals surface area contributed by atoms with Crippen LogP contribution in [0, 0.1) is 0 Å². The van der Waals surface area contributed by atoms with Crippen molar-refractivity contribution >= 4 is 17.1 Å². The molecule has 1 aromatic heterocycles. The molecule has 0 unspecified atom stereocenters. The molecule has 0 saturated carbocycles. The van der Waals surface area contributed by atoms with E-state index < -0.39 is 0 Å². The molecule has 0 bridgehead atoms. The van der Waals surface area contributed by atoms with E-state index in [0.717, 1.165) is 22.6 Å². The summed E-state index contributed by atoms with van der Waals surface area (Å²) in [6, 6.07) is 9.55. The molecule has 0 atom stereocenters. The van der Waals surface area contributed by atoms with Crippen molar-refractivity contribution in [2.45, 2.75) is 13.3 Å². The Bertz CT molecular complexity index is 529. The molecule has 0 aliphatic carbocycles. The van der Waals surface area contributed by atoms with Crippen LogP contribution >= 0.6 is 11.3 Å². The first-order valence-electron chi connectivity index (χ1n) is 5.50. The lowest BCUT2D eigenvalue weighted by atomic mass is 10.0. The average Bonchev–Trinajstić information content (AvgIpc) is 2.86. The average molecular weight is 246 g/mol. The topological polar surface area (TPSA) is 26.3 Å². The number of rotatable bonds is 4. The number of methoxy groups -OCH3 is 1. The molecule has 0 amide bonds. The zero-order valence-corrected chi connectivity index (χ0v) is 10.7. The Morgan fingerprint density at radius 1 is 1.35 bits per heavy atom. The lowest BCUT2D eigenvalue weighted by molar-refractivity contribution is 0.104. The van der Waals surface area contributed by atoms with E-state index in [1.807, 2.05) is 29.6 Å². The quantitative estimate of drug-likeness (QED) is 0.771. The first-order chi connectivity index (χ1) is 8.24. The minimum Gasteiger partial charge on any atom is -0.496 e. The van der Waals surface area contributed by atoms with E-state index in [-0.39, 0.29) is 5.78 Å². The molecule has 0 N–H and O–H groups in total. The molecule has 0 aliphatic rings. The van der Waals surface area contributed by atoms with Crippen molar-refractivity contribution in [2.24, 2.45) is 0 Å². The smallest absolute Gasteiger partial charge is 0.203 e. The van der Waals surface area contributed by atoms with Crippen molar-refractivity contribution in [3.63, 3.8) is 0 Å². The second-order valence-corrected chi connectivity index (χ2v) is 4.65. The predicted molar refractivity (Wildman–Crippen MR) is 70.1 cm³/mol. The standard InChI is InChI=1S/C14H14O2S/c1-3-10-5-4-6-11(7-10)14(15)13-8-12(16-2)9-17-13/h4-9H,3H2,1-2H3. The predicted octanol–water partition coefficient (Wildman–Crippen LogP) is 3.55. The Morgan fingerprint density at radius 2 is 2.18 bits per heavy atom. The number of carbonyl (C=O) groups is 1. The van der Waals surface area contributed by atoms with Crippen molar-refractivity contribution in [1.29, 1.82) is 0 Å². The van der Waals surface area contributed by atoms with Gasteiger partial charge in [-0.25, -0.2) is 0 Å². The minimum absolute atomic E-state index is 0.0635. The van der Waals surface area contributed by atoms with Crippen LogP contribution in [-0.4, -0.2) is 12.9 Å². The first-order valence-corrected chi connectivity index (χ1v) is 6.38. The van der Waals surface area contributed by atoms with E-state index in [1.54, 1.807) is 13.2 Å². The van der Waals surface area contributed by atoms with Gasteiger partial charge in [0.15, 0.2) is 0 Å². The molecule has 2 rings (SSSR count). The van der Waals surface area contributed by atoms with Gasteiger partial charge < -0.3 is 4.74 Å².